The number of furan rings is 1. The molecule has 0 aliphatic carbocycles. The molecule has 3 nitrogen and oxygen atoms in total. The van der Waals surface area contributed by atoms with Crippen molar-refractivity contribution in [1.82, 2.24) is 10.2 Å². The van der Waals surface area contributed by atoms with Gasteiger partial charge < -0.3 is 9.73 Å². The van der Waals surface area contributed by atoms with Gasteiger partial charge in [-0.05, 0) is 51.7 Å². The van der Waals surface area contributed by atoms with Gasteiger partial charge in [0.25, 0.3) is 0 Å². The predicted molar refractivity (Wildman–Crippen MR) is 87.5 cm³/mol. The molecule has 1 aromatic heterocycles. The number of hydrogen-bond acceptors (Lipinski definition) is 3. The Morgan fingerprint density at radius 3 is 2.57 bits per heavy atom. The van der Waals surface area contributed by atoms with Crippen molar-refractivity contribution in [3.05, 3.63) is 58.0 Å². The second-order valence-corrected chi connectivity index (χ2v) is 5.90. The minimum atomic E-state index is 0.323. The average Bonchev–Trinajstić information content (AvgIpc) is 2.79. The van der Waals surface area contributed by atoms with Gasteiger partial charge in [0.15, 0.2) is 0 Å². The Bertz CT molecular complexity index is 577. The molecule has 21 heavy (non-hydrogen) atoms. The molecule has 1 atom stereocenters. The molecule has 0 spiro atoms. The lowest BCUT2D eigenvalue weighted by atomic mass is 10.1. The van der Waals surface area contributed by atoms with Crippen molar-refractivity contribution in [2.75, 3.05) is 14.1 Å². The molecule has 0 saturated heterocycles. The quantitative estimate of drug-likeness (QED) is 0.869. The van der Waals surface area contributed by atoms with E-state index in [9.17, 15) is 0 Å². The summed E-state index contributed by atoms with van der Waals surface area (Å²) in [5, 5.41) is 3.89. The maximum absolute atomic E-state index is 5.95. The highest BCUT2D eigenvalue weighted by atomic mass is 35.5. The number of benzene rings is 1. The molecule has 1 N–H and O–H groups in total. The Morgan fingerprint density at radius 2 is 1.95 bits per heavy atom. The molecular formula is C17H23ClN2O. The molecule has 2 aromatic rings. The van der Waals surface area contributed by atoms with Crippen LogP contribution in [-0.4, -0.2) is 19.0 Å². The lowest BCUT2D eigenvalue weighted by Crippen LogP contribution is -2.22. The van der Waals surface area contributed by atoms with Gasteiger partial charge in [-0.3, -0.25) is 4.90 Å². The Balaban J connectivity index is 2.06. The Kier molecular flexibility index (Phi) is 5.45. The van der Waals surface area contributed by atoms with Crippen molar-refractivity contribution in [2.24, 2.45) is 0 Å². The number of rotatable bonds is 6. The van der Waals surface area contributed by atoms with Crippen LogP contribution in [-0.2, 0) is 13.1 Å². The van der Waals surface area contributed by atoms with E-state index in [1.165, 1.54) is 11.1 Å². The molecular weight excluding hydrogens is 284 g/mol. The van der Waals surface area contributed by atoms with E-state index in [0.29, 0.717) is 6.04 Å². The summed E-state index contributed by atoms with van der Waals surface area (Å²) in [6.45, 7) is 5.85. The molecule has 0 saturated carbocycles. The van der Waals surface area contributed by atoms with Crippen LogP contribution < -0.4 is 5.32 Å². The molecule has 0 amide bonds. The van der Waals surface area contributed by atoms with Crippen molar-refractivity contribution in [1.29, 1.82) is 0 Å². The molecule has 0 bridgehead atoms. The average molecular weight is 307 g/mol. The fraction of sp³-hybridized carbons (Fsp3) is 0.412. The fourth-order valence-corrected chi connectivity index (χ4v) is 2.53. The summed E-state index contributed by atoms with van der Waals surface area (Å²) >= 11 is 5.95. The molecule has 0 aliphatic heterocycles. The number of halogens is 1. The largest absolute Gasteiger partial charge is 0.465 e. The minimum absolute atomic E-state index is 0.323. The lowest BCUT2D eigenvalue weighted by Gasteiger charge is -2.24. The lowest BCUT2D eigenvalue weighted by molar-refractivity contribution is 0.251. The van der Waals surface area contributed by atoms with E-state index in [2.05, 4.69) is 42.4 Å². The summed E-state index contributed by atoms with van der Waals surface area (Å²) in [5.74, 6) is 1.98. The third kappa shape index (κ3) is 4.10. The summed E-state index contributed by atoms with van der Waals surface area (Å²) in [4.78, 5) is 2.31. The smallest absolute Gasteiger partial charge is 0.118 e. The van der Waals surface area contributed by atoms with Crippen LogP contribution in [0.2, 0.25) is 5.02 Å². The summed E-state index contributed by atoms with van der Waals surface area (Å²) in [6, 6.07) is 10.5. The zero-order valence-electron chi connectivity index (χ0n) is 13.1. The molecule has 0 aliphatic rings. The first-order valence-electron chi connectivity index (χ1n) is 7.19. The summed E-state index contributed by atoms with van der Waals surface area (Å²) in [6.07, 6.45) is 0. The maximum atomic E-state index is 5.95. The van der Waals surface area contributed by atoms with Crippen LogP contribution in [0.15, 0.2) is 34.7 Å². The molecule has 1 aromatic carbocycles. The van der Waals surface area contributed by atoms with E-state index in [1.54, 1.807) is 0 Å². The highest BCUT2D eigenvalue weighted by molar-refractivity contribution is 6.30. The standard InChI is InChI=1S/C17H23ClN2O/c1-12(14-5-7-16(18)8-6-14)20(4)11-15-9-17(10-19-3)21-13(15)2/h5-9,12,19H,10-11H2,1-4H3. The van der Waals surface area contributed by atoms with Crippen LogP contribution in [0.5, 0.6) is 0 Å². The molecule has 0 radical (unpaired) electrons. The first kappa shape index (κ1) is 16.1. The van der Waals surface area contributed by atoms with Crippen LogP contribution in [0.4, 0.5) is 0 Å². The van der Waals surface area contributed by atoms with Gasteiger partial charge in [-0.25, -0.2) is 0 Å². The third-order valence-corrected chi connectivity index (χ3v) is 4.11. The number of nitrogens with zero attached hydrogens (tertiary/aromatic N) is 1. The molecule has 4 heteroatoms. The van der Waals surface area contributed by atoms with Crippen molar-refractivity contribution < 1.29 is 4.42 Å². The number of nitrogens with one attached hydrogen (secondary N) is 1. The third-order valence-electron chi connectivity index (χ3n) is 3.86. The first-order chi connectivity index (χ1) is 10.0. The number of hydrogen-bond donors (Lipinski definition) is 1. The van der Waals surface area contributed by atoms with Gasteiger partial charge >= 0.3 is 0 Å². The van der Waals surface area contributed by atoms with Gasteiger partial charge in [0.2, 0.25) is 0 Å². The molecule has 0 fully saturated rings. The SMILES string of the molecule is CNCc1cc(CN(C)C(C)c2ccc(Cl)cc2)c(C)o1. The van der Waals surface area contributed by atoms with Crippen LogP contribution >= 0.6 is 11.6 Å². The fourth-order valence-electron chi connectivity index (χ4n) is 2.41. The summed E-state index contributed by atoms with van der Waals surface area (Å²) in [5.41, 5.74) is 2.50. The van der Waals surface area contributed by atoms with Crippen molar-refractivity contribution in [3.8, 4) is 0 Å². The van der Waals surface area contributed by atoms with Gasteiger partial charge in [0.1, 0.15) is 11.5 Å². The maximum Gasteiger partial charge on any atom is 0.118 e. The van der Waals surface area contributed by atoms with Crippen LogP contribution in [0.1, 0.15) is 35.6 Å². The van der Waals surface area contributed by atoms with Gasteiger partial charge in [-0.15, -0.1) is 0 Å². The van der Waals surface area contributed by atoms with Crippen LogP contribution in [0, 0.1) is 6.92 Å². The van der Waals surface area contributed by atoms with E-state index < -0.39 is 0 Å². The Labute approximate surface area is 131 Å². The molecule has 1 heterocycles. The predicted octanol–water partition coefficient (Wildman–Crippen LogP) is 4.15. The van der Waals surface area contributed by atoms with Crippen molar-refractivity contribution in [3.63, 3.8) is 0 Å². The van der Waals surface area contributed by atoms with E-state index in [4.69, 9.17) is 16.0 Å². The monoisotopic (exact) mass is 306 g/mol. The molecule has 2 rings (SSSR count). The van der Waals surface area contributed by atoms with Gasteiger partial charge in [-0.1, -0.05) is 23.7 Å². The zero-order chi connectivity index (χ0) is 15.4. The van der Waals surface area contributed by atoms with Gasteiger partial charge in [0, 0.05) is 23.2 Å². The second kappa shape index (κ2) is 7.12. The van der Waals surface area contributed by atoms with Crippen LogP contribution in [0.3, 0.4) is 0 Å². The highest BCUT2D eigenvalue weighted by Gasteiger charge is 2.15. The van der Waals surface area contributed by atoms with Crippen molar-refractivity contribution >= 4 is 11.6 Å². The van der Waals surface area contributed by atoms with Crippen molar-refractivity contribution in [2.45, 2.75) is 33.0 Å². The Morgan fingerprint density at radius 1 is 1.29 bits per heavy atom. The Hall–Kier alpha value is -1.29. The molecule has 114 valence electrons. The minimum Gasteiger partial charge on any atom is -0.465 e. The first-order valence-corrected chi connectivity index (χ1v) is 7.57. The van der Waals surface area contributed by atoms with Gasteiger partial charge in [-0.2, -0.15) is 0 Å². The summed E-state index contributed by atoms with van der Waals surface area (Å²) < 4.78 is 5.75. The van der Waals surface area contributed by atoms with E-state index in [1.807, 2.05) is 26.1 Å². The highest BCUT2D eigenvalue weighted by Crippen LogP contribution is 2.24. The van der Waals surface area contributed by atoms with E-state index >= 15 is 0 Å². The second-order valence-electron chi connectivity index (χ2n) is 5.47. The zero-order valence-corrected chi connectivity index (χ0v) is 13.9. The number of aryl methyl sites for hydroxylation is 1. The summed E-state index contributed by atoms with van der Waals surface area (Å²) in [7, 11) is 4.05. The van der Waals surface area contributed by atoms with Gasteiger partial charge in [0.05, 0.1) is 6.54 Å². The normalized spacial score (nSPS) is 12.9. The topological polar surface area (TPSA) is 28.4 Å². The molecule has 1 unspecified atom stereocenters. The van der Waals surface area contributed by atoms with E-state index in [-0.39, 0.29) is 0 Å². The van der Waals surface area contributed by atoms with Crippen LogP contribution in [0.25, 0.3) is 0 Å². The van der Waals surface area contributed by atoms with E-state index in [0.717, 1.165) is 29.6 Å².